The van der Waals surface area contributed by atoms with Crippen molar-refractivity contribution in [2.75, 3.05) is 0 Å². The van der Waals surface area contributed by atoms with E-state index < -0.39 is 0 Å². The molecule has 1 unspecified atom stereocenters. The zero-order valence-electron chi connectivity index (χ0n) is 28.6. The Morgan fingerprint density at radius 2 is 1.14 bits per heavy atom. The van der Waals surface area contributed by atoms with Crippen LogP contribution in [-0.4, -0.2) is 4.98 Å². The molecule has 1 aromatic heterocycles. The first-order valence-corrected chi connectivity index (χ1v) is 17.9. The number of aromatic nitrogens is 1. The summed E-state index contributed by atoms with van der Waals surface area (Å²) in [6, 6.07) is 52.6. The van der Waals surface area contributed by atoms with Crippen LogP contribution in [0.1, 0.15) is 49.3 Å². The Morgan fingerprint density at radius 1 is 0.540 bits per heavy atom. The maximum atomic E-state index is 5.35. The lowest BCUT2D eigenvalue weighted by molar-refractivity contribution is 0.751. The summed E-state index contributed by atoms with van der Waals surface area (Å²) in [6.45, 7) is 2.32. The molecule has 0 bridgehead atoms. The zero-order valence-corrected chi connectivity index (χ0v) is 28.6. The minimum atomic E-state index is 0.470. The van der Waals surface area contributed by atoms with Gasteiger partial charge in [-0.2, -0.15) is 0 Å². The van der Waals surface area contributed by atoms with E-state index in [0.717, 1.165) is 41.8 Å². The van der Waals surface area contributed by atoms with E-state index in [0.29, 0.717) is 5.92 Å². The Labute approximate surface area is 296 Å². The molecule has 1 atom stereocenters. The Kier molecular flexibility index (Phi) is 9.04. The summed E-state index contributed by atoms with van der Waals surface area (Å²) < 4.78 is 0. The van der Waals surface area contributed by atoms with Crippen LogP contribution in [0.15, 0.2) is 176 Å². The molecule has 0 saturated heterocycles. The van der Waals surface area contributed by atoms with Crippen LogP contribution in [0.4, 0.5) is 0 Å². The van der Waals surface area contributed by atoms with E-state index in [9.17, 15) is 0 Å². The van der Waals surface area contributed by atoms with Crippen LogP contribution < -0.4 is 0 Å². The van der Waals surface area contributed by atoms with Gasteiger partial charge in [-0.05, 0) is 99.4 Å². The molecule has 242 valence electrons. The van der Waals surface area contributed by atoms with Crippen LogP contribution in [0.5, 0.6) is 0 Å². The number of pyridine rings is 1. The maximum Gasteiger partial charge on any atom is 0.0721 e. The second-order valence-corrected chi connectivity index (χ2v) is 13.5. The predicted octanol–water partition coefficient (Wildman–Crippen LogP) is 13.4. The fourth-order valence-corrected chi connectivity index (χ4v) is 7.32. The smallest absolute Gasteiger partial charge is 0.0721 e. The highest BCUT2D eigenvalue weighted by atomic mass is 14.7. The number of rotatable bonds is 7. The van der Waals surface area contributed by atoms with E-state index in [-0.39, 0.29) is 0 Å². The lowest BCUT2D eigenvalue weighted by Crippen LogP contribution is -2.03. The third-order valence-electron chi connectivity index (χ3n) is 10.0. The van der Waals surface area contributed by atoms with Gasteiger partial charge >= 0.3 is 0 Å². The third kappa shape index (κ3) is 6.73. The first kappa shape index (κ1) is 31.5. The van der Waals surface area contributed by atoms with Gasteiger partial charge in [0.05, 0.1) is 11.4 Å². The zero-order chi connectivity index (χ0) is 33.7. The highest BCUT2D eigenvalue weighted by molar-refractivity contribution is 5.98. The molecule has 0 N–H and O–H groups in total. The van der Waals surface area contributed by atoms with Crippen LogP contribution in [0.2, 0.25) is 0 Å². The lowest BCUT2D eigenvalue weighted by atomic mass is 9.83. The first-order valence-electron chi connectivity index (χ1n) is 17.9. The van der Waals surface area contributed by atoms with Crippen molar-refractivity contribution in [2.45, 2.75) is 32.6 Å². The molecule has 6 aromatic rings. The van der Waals surface area contributed by atoms with Crippen LogP contribution in [0.3, 0.4) is 0 Å². The summed E-state index contributed by atoms with van der Waals surface area (Å²) in [7, 11) is 0. The van der Waals surface area contributed by atoms with Gasteiger partial charge in [0.2, 0.25) is 0 Å². The van der Waals surface area contributed by atoms with E-state index in [1.54, 1.807) is 0 Å². The molecular formula is C49H41N. The van der Waals surface area contributed by atoms with Gasteiger partial charge in [-0.15, -0.1) is 0 Å². The Bertz CT molecular complexity index is 2230. The van der Waals surface area contributed by atoms with Crippen molar-refractivity contribution >= 4 is 16.7 Å². The van der Waals surface area contributed by atoms with Crippen molar-refractivity contribution in [1.29, 1.82) is 0 Å². The minimum absolute atomic E-state index is 0.470. The summed E-state index contributed by atoms with van der Waals surface area (Å²) in [5.41, 5.74) is 16.9. The van der Waals surface area contributed by atoms with E-state index >= 15 is 0 Å². The van der Waals surface area contributed by atoms with Crippen molar-refractivity contribution in [2.24, 2.45) is 5.92 Å². The van der Waals surface area contributed by atoms with Crippen molar-refractivity contribution in [1.82, 2.24) is 4.98 Å². The summed E-state index contributed by atoms with van der Waals surface area (Å²) in [6.07, 6.45) is 16.0. The van der Waals surface area contributed by atoms with Crippen molar-refractivity contribution in [3.63, 3.8) is 0 Å². The Morgan fingerprint density at radius 3 is 1.90 bits per heavy atom. The predicted molar refractivity (Wildman–Crippen MR) is 213 cm³/mol. The fraction of sp³-hybridized carbons (Fsp3) is 0.122. The van der Waals surface area contributed by atoms with E-state index in [1.165, 1.54) is 62.1 Å². The molecule has 5 aromatic carbocycles. The second kappa shape index (κ2) is 14.4. The molecule has 1 heteroatoms. The SMILES string of the molecule is CC1C=CC(c2cc(-c3ccccc3)nc(-c3ccccc3-c3ccc(-c4ccccc4)cc3)c2)=C(c2ccc(C3=CC=CCCC3)cc2)C1. The normalized spacial score (nSPS) is 15.9. The Balaban J connectivity index is 1.24. The lowest BCUT2D eigenvalue weighted by Gasteiger charge is -2.22. The summed E-state index contributed by atoms with van der Waals surface area (Å²) in [4.78, 5) is 5.35. The molecule has 2 aliphatic carbocycles. The van der Waals surface area contributed by atoms with Gasteiger partial charge in [-0.25, -0.2) is 4.98 Å². The van der Waals surface area contributed by atoms with Gasteiger partial charge in [0.15, 0.2) is 0 Å². The number of benzene rings is 5. The number of hydrogen-bond acceptors (Lipinski definition) is 1. The third-order valence-corrected chi connectivity index (χ3v) is 10.0. The van der Waals surface area contributed by atoms with Gasteiger partial charge in [0.25, 0.3) is 0 Å². The van der Waals surface area contributed by atoms with Gasteiger partial charge in [0, 0.05) is 11.1 Å². The molecular weight excluding hydrogens is 603 g/mol. The topological polar surface area (TPSA) is 12.9 Å². The Hall–Kier alpha value is -5.79. The average molecular weight is 644 g/mol. The fourth-order valence-electron chi connectivity index (χ4n) is 7.32. The molecule has 0 fully saturated rings. The molecule has 50 heavy (non-hydrogen) atoms. The number of hydrogen-bond donors (Lipinski definition) is 0. The molecule has 0 saturated carbocycles. The van der Waals surface area contributed by atoms with E-state index in [2.05, 4.69) is 183 Å². The highest BCUT2D eigenvalue weighted by Crippen LogP contribution is 2.41. The van der Waals surface area contributed by atoms with Gasteiger partial charge in [-0.3, -0.25) is 0 Å². The molecule has 0 amide bonds. The molecule has 1 nitrogen and oxygen atoms in total. The van der Waals surface area contributed by atoms with Crippen LogP contribution in [0, 0.1) is 5.92 Å². The van der Waals surface area contributed by atoms with Gasteiger partial charge in [0.1, 0.15) is 0 Å². The second-order valence-electron chi connectivity index (χ2n) is 13.5. The molecule has 2 aliphatic rings. The van der Waals surface area contributed by atoms with E-state index in [4.69, 9.17) is 4.98 Å². The molecule has 0 radical (unpaired) electrons. The number of allylic oxidation sites excluding steroid dienone is 8. The maximum absolute atomic E-state index is 5.35. The standard InChI is InChI=1S/C49H41N/c1-35-22-31-45(47(32-35)41-29-25-39(26-30-41)36-14-6-2-3-7-15-36)43-33-48(42-18-10-5-11-19-42)50-49(34-43)46-21-13-12-20-44(46)40-27-23-38(24-28-40)37-16-8-4-9-17-37/h2,4-6,8-14,16-31,33-35H,3,7,15,32H2,1H3. The van der Waals surface area contributed by atoms with Crippen molar-refractivity contribution in [3.05, 3.63) is 193 Å². The summed E-state index contributed by atoms with van der Waals surface area (Å²) in [5.74, 6) is 0.470. The summed E-state index contributed by atoms with van der Waals surface area (Å²) >= 11 is 0. The quantitative estimate of drug-likeness (QED) is 0.169. The first-order chi connectivity index (χ1) is 24.7. The van der Waals surface area contributed by atoms with E-state index in [1.807, 2.05) is 0 Å². The molecule has 0 spiro atoms. The van der Waals surface area contributed by atoms with Gasteiger partial charge in [-0.1, -0.05) is 171 Å². The largest absolute Gasteiger partial charge is 0.248 e. The minimum Gasteiger partial charge on any atom is -0.248 e. The highest BCUT2D eigenvalue weighted by Gasteiger charge is 2.20. The number of nitrogens with zero attached hydrogens (tertiary/aromatic N) is 1. The average Bonchev–Trinajstić information content (AvgIpc) is 3.49. The molecule has 8 rings (SSSR count). The molecule has 0 aliphatic heterocycles. The van der Waals surface area contributed by atoms with Crippen LogP contribution in [0.25, 0.3) is 61.5 Å². The summed E-state index contributed by atoms with van der Waals surface area (Å²) in [5, 5.41) is 0. The van der Waals surface area contributed by atoms with Crippen LogP contribution in [-0.2, 0) is 0 Å². The van der Waals surface area contributed by atoms with Crippen molar-refractivity contribution < 1.29 is 0 Å². The van der Waals surface area contributed by atoms with Gasteiger partial charge < -0.3 is 0 Å². The van der Waals surface area contributed by atoms with Crippen LogP contribution >= 0.6 is 0 Å². The van der Waals surface area contributed by atoms with Crippen molar-refractivity contribution in [3.8, 4) is 44.8 Å². The molecule has 1 heterocycles. The monoisotopic (exact) mass is 643 g/mol.